The molecule has 1 N–H and O–H groups in total. The van der Waals surface area contributed by atoms with Gasteiger partial charge in [0.15, 0.2) is 0 Å². The fourth-order valence-electron chi connectivity index (χ4n) is 1.59. The molecule has 2 nitrogen and oxygen atoms in total. The van der Waals surface area contributed by atoms with E-state index in [0.717, 1.165) is 17.1 Å². The number of para-hydroxylation sites is 1. The predicted octanol–water partition coefficient (Wildman–Crippen LogP) is 2.90. The molecule has 0 radical (unpaired) electrons. The molecule has 17 heavy (non-hydrogen) atoms. The van der Waals surface area contributed by atoms with Crippen molar-refractivity contribution in [3.8, 4) is 0 Å². The number of nitrogens with zero attached hydrogens (tertiary/aromatic N) is 1. The molecule has 3 rings (SSSR count). The van der Waals surface area contributed by atoms with Crippen LogP contribution in [0.1, 0.15) is 0 Å². The standard InChI is InChI=1S/C12H9ClN2Se2/c13-17-15-11-7-6-10(8-12(11)16-17)14-9-4-2-1-3-5-9/h1-8,14H. The minimum absolute atomic E-state index is 0.380. The second-order valence-electron chi connectivity index (χ2n) is 3.55. The van der Waals surface area contributed by atoms with Crippen molar-refractivity contribution in [3.05, 3.63) is 48.5 Å². The van der Waals surface area contributed by atoms with E-state index in [9.17, 15) is 0 Å². The van der Waals surface area contributed by atoms with Gasteiger partial charge in [-0.3, -0.25) is 0 Å². The first-order valence-electron chi connectivity index (χ1n) is 5.08. The topological polar surface area (TPSA) is 24.4 Å². The molecule has 1 unspecified atom stereocenters. The van der Waals surface area contributed by atoms with Crippen molar-refractivity contribution >= 4 is 55.7 Å². The van der Waals surface area contributed by atoms with Gasteiger partial charge in [0, 0.05) is 0 Å². The fraction of sp³-hybridized carbons (Fsp3) is 0. The fourth-order valence-corrected chi connectivity index (χ4v) is 10.3. The Morgan fingerprint density at radius 2 is 1.88 bits per heavy atom. The normalized spacial score (nSPS) is 17.4. The summed E-state index contributed by atoms with van der Waals surface area (Å²) in [6.45, 7) is 0. The molecule has 2 aromatic carbocycles. The first-order valence-corrected chi connectivity index (χ1v) is 13.3. The molecular formula is C12H9ClN2Se2. The molecule has 1 heterocycles. The van der Waals surface area contributed by atoms with E-state index in [4.69, 9.17) is 10.1 Å². The molecule has 0 aliphatic carbocycles. The van der Waals surface area contributed by atoms with Gasteiger partial charge in [0.1, 0.15) is 0 Å². The molecule has 1 atom stereocenters. The van der Waals surface area contributed by atoms with Gasteiger partial charge in [-0.1, -0.05) is 0 Å². The van der Waals surface area contributed by atoms with E-state index in [-0.39, 0.29) is 0 Å². The summed E-state index contributed by atoms with van der Waals surface area (Å²) in [5.41, 5.74) is 3.32. The number of anilines is 2. The van der Waals surface area contributed by atoms with Crippen LogP contribution in [0.3, 0.4) is 0 Å². The molecule has 0 saturated carbocycles. The summed E-state index contributed by atoms with van der Waals surface area (Å²) in [6.07, 6.45) is 0. The zero-order chi connectivity index (χ0) is 11.7. The Hall–Kier alpha value is -0.631. The van der Waals surface area contributed by atoms with Crippen molar-refractivity contribution in [3.63, 3.8) is 0 Å². The van der Waals surface area contributed by atoms with Crippen LogP contribution in [0.15, 0.2) is 52.5 Å². The van der Waals surface area contributed by atoms with Crippen LogP contribution in [0.2, 0.25) is 0 Å². The molecule has 0 saturated heterocycles. The number of fused-ring (bicyclic) bond motifs is 1. The molecule has 86 valence electrons. The Labute approximate surface area is 113 Å². The van der Waals surface area contributed by atoms with Crippen LogP contribution in [-0.4, -0.2) is 24.1 Å². The maximum atomic E-state index is 6.16. The summed E-state index contributed by atoms with van der Waals surface area (Å²) in [6, 6.07) is 16.5. The molecule has 0 bridgehead atoms. The number of rotatable bonds is 2. The Bertz CT molecular complexity index is 584. The summed E-state index contributed by atoms with van der Waals surface area (Å²) in [5.74, 6) is 0. The molecule has 5 heteroatoms. The van der Waals surface area contributed by atoms with Gasteiger partial charge in [-0.25, -0.2) is 0 Å². The van der Waals surface area contributed by atoms with Crippen molar-refractivity contribution < 1.29 is 0 Å². The van der Waals surface area contributed by atoms with Gasteiger partial charge in [0.2, 0.25) is 0 Å². The third-order valence-electron chi connectivity index (χ3n) is 2.35. The van der Waals surface area contributed by atoms with E-state index in [2.05, 4.69) is 39.6 Å². The monoisotopic (exact) mass is 376 g/mol. The molecule has 2 aromatic rings. The number of benzene rings is 2. The van der Waals surface area contributed by atoms with Gasteiger partial charge in [-0.15, -0.1) is 0 Å². The number of hydrogen-bond acceptors (Lipinski definition) is 2. The van der Waals surface area contributed by atoms with Crippen molar-refractivity contribution in [1.82, 2.24) is 0 Å². The van der Waals surface area contributed by atoms with E-state index in [1.807, 2.05) is 18.2 Å². The number of nitrogens with one attached hydrogen (secondary N) is 1. The molecule has 0 amide bonds. The summed E-state index contributed by atoms with van der Waals surface area (Å²) in [7, 11) is 4.97. The third kappa shape index (κ3) is 2.62. The van der Waals surface area contributed by atoms with Gasteiger partial charge in [-0.05, 0) is 0 Å². The first kappa shape index (κ1) is 11.5. The second kappa shape index (κ2) is 4.93. The van der Waals surface area contributed by atoms with Gasteiger partial charge in [0.25, 0.3) is 0 Å². The Kier molecular flexibility index (Phi) is 3.32. The van der Waals surface area contributed by atoms with Crippen molar-refractivity contribution in [2.75, 3.05) is 5.32 Å². The molecule has 0 spiro atoms. The van der Waals surface area contributed by atoms with E-state index in [0.29, 0.717) is 13.1 Å². The van der Waals surface area contributed by atoms with E-state index in [1.165, 1.54) is 4.46 Å². The van der Waals surface area contributed by atoms with Crippen molar-refractivity contribution in [2.45, 2.75) is 0 Å². The van der Waals surface area contributed by atoms with E-state index >= 15 is 0 Å². The van der Waals surface area contributed by atoms with Crippen molar-refractivity contribution in [2.24, 2.45) is 3.96 Å². The van der Waals surface area contributed by atoms with Crippen LogP contribution in [0.25, 0.3) is 0 Å². The zero-order valence-electron chi connectivity index (χ0n) is 8.76. The summed E-state index contributed by atoms with van der Waals surface area (Å²) < 4.78 is 5.82. The average molecular weight is 375 g/mol. The number of hydrogen-bond donors (Lipinski definition) is 1. The van der Waals surface area contributed by atoms with Crippen LogP contribution in [0.5, 0.6) is 0 Å². The average Bonchev–Trinajstić information content (AvgIpc) is 2.70. The summed E-state index contributed by atoms with van der Waals surface area (Å²) in [5, 5.41) is 3.39. The van der Waals surface area contributed by atoms with Crippen LogP contribution in [-0.2, 0) is 0 Å². The summed E-state index contributed by atoms with van der Waals surface area (Å²) >= 11 is 0.380. The first-order chi connectivity index (χ1) is 8.31. The predicted molar refractivity (Wildman–Crippen MR) is 75.2 cm³/mol. The second-order valence-corrected chi connectivity index (χ2v) is 15.0. The van der Waals surface area contributed by atoms with E-state index < -0.39 is 11.0 Å². The molecule has 1 aliphatic heterocycles. The molecule has 0 aromatic heterocycles. The molecule has 0 fully saturated rings. The third-order valence-corrected chi connectivity index (χ3v) is 10.7. The van der Waals surface area contributed by atoms with Gasteiger partial charge in [-0.2, -0.15) is 0 Å². The van der Waals surface area contributed by atoms with E-state index in [1.54, 1.807) is 0 Å². The number of halogens is 1. The Balaban J connectivity index is 1.86. The molecular weight excluding hydrogens is 366 g/mol. The van der Waals surface area contributed by atoms with Gasteiger partial charge >= 0.3 is 114 Å². The maximum absolute atomic E-state index is 6.16. The van der Waals surface area contributed by atoms with Crippen LogP contribution < -0.4 is 9.78 Å². The van der Waals surface area contributed by atoms with Gasteiger partial charge in [0.05, 0.1) is 0 Å². The van der Waals surface area contributed by atoms with Crippen LogP contribution in [0, 0.1) is 0 Å². The van der Waals surface area contributed by atoms with Crippen molar-refractivity contribution in [1.29, 1.82) is 0 Å². The zero-order valence-corrected chi connectivity index (χ0v) is 12.9. The summed E-state index contributed by atoms with van der Waals surface area (Å²) in [4.78, 5) is 0. The Morgan fingerprint density at radius 3 is 2.71 bits per heavy atom. The van der Waals surface area contributed by atoms with Crippen LogP contribution in [0.4, 0.5) is 17.1 Å². The SMILES string of the molecule is Cl[Se]1=Nc2ccc(Nc3ccccc3)cc2[Se]1. The molecule has 1 aliphatic rings. The van der Waals surface area contributed by atoms with Crippen LogP contribution >= 0.6 is 10.1 Å². The Morgan fingerprint density at radius 1 is 1.06 bits per heavy atom. The quantitative estimate of drug-likeness (QED) is 0.803. The van der Waals surface area contributed by atoms with Gasteiger partial charge < -0.3 is 0 Å². The minimum atomic E-state index is -1.18.